The van der Waals surface area contributed by atoms with E-state index in [1.54, 1.807) is 13.8 Å². The topological polar surface area (TPSA) is 57.6 Å². The van der Waals surface area contributed by atoms with Crippen LogP contribution < -0.4 is 0 Å². The van der Waals surface area contributed by atoms with E-state index in [9.17, 15) is 9.59 Å². The molecule has 1 N–H and O–H groups in total. The first kappa shape index (κ1) is 13.2. The smallest absolute Gasteiger partial charge is 0.232 e. The maximum Gasteiger partial charge on any atom is 0.232 e. The lowest BCUT2D eigenvalue weighted by Crippen LogP contribution is -2.39. The zero-order chi connectivity index (χ0) is 12.5. The number of amides is 2. The highest BCUT2D eigenvalue weighted by Gasteiger charge is 2.43. The van der Waals surface area contributed by atoms with Crippen LogP contribution in [0.1, 0.15) is 34.1 Å². The SMILES string of the molecule is CC1C(=O)N(CC(C)(C)CCO)C(=O)C1C. The third-order valence-corrected chi connectivity index (χ3v) is 3.44. The predicted octanol–water partition coefficient (Wildman–Crippen LogP) is 1.04. The van der Waals surface area contributed by atoms with Gasteiger partial charge in [-0.25, -0.2) is 0 Å². The van der Waals surface area contributed by atoms with Gasteiger partial charge in [0.15, 0.2) is 0 Å². The van der Waals surface area contributed by atoms with Crippen LogP contribution in [-0.4, -0.2) is 35.0 Å². The van der Waals surface area contributed by atoms with Crippen LogP contribution in [-0.2, 0) is 9.59 Å². The number of likely N-dealkylation sites (tertiary alicyclic amines) is 1. The standard InChI is InChI=1S/C12H21NO3/c1-8-9(2)11(16)13(10(8)15)7-12(3,4)5-6-14/h8-9,14H,5-7H2,1-4H3. The Balaban J connectivity index is 2.75. The molecule has 0 aromatic rings. The Hall–Kier alpha value is -0.900. The van der Waals surface area contributed by atoms with Gasteiger partial charge in [-0.15, -0.1) is 0 Å². The van der Waals surface area contributed by atoms with Crippen molar-refractivity contribution in [3.8, 4) is 0 Å². The zero-order valence-electron chi connectivity index (χ0n) is 10.5. The molecule has 2 atom stereocenters. The van der Waals surface area contributed by atoms with Crippen LogP contribution >= 0.6 is 0 Å². The number of hydrogen-bond donors (Lipinski definition) is 1. The second-order valence-electron chi connectivity index (χ2n) is 5.48. The molecule has 2 amide bonds. The molecule has 1 aliphatic rings. The molecule has 4 heteroatoms. The van der Waals surface area contributed by atoms with Gasteiger partial charge in [-0.3, -0.25) is 14.5 Å². The van der Waals surface area contributed by atoms with E-state index in [0.29, 0.717) is 13.0 Å². The van der Waals surface area contributed by atoms with Crippen LogP contribution in [0, 0.1) is 17.3 Å². The minimum atomic E-state index is -0.218. The second-order valence-corrected chi connectivity index (χ2v) is 5.48. The number of aliphatic hydroxyl groups excluding tert-OH is 1. The first-order chi connectivity index (χ1) is 7.30. The summed E-state index contributed by atoms with van der Waals surface area (Å²) in [5.74, 6) is -0.582. The summed E-state index contributed by atoms with van der Waals surface area (Å²) in [4.78, 5) is 25.1. The van der Waals surface area contributed by atoms with Crippen molar-refractivity contribution in [1.82, 2.24) is 4.90 Å². The van der Waals surface area contributed by atoms with Gasteiger partial charge in [0.1, 0.15) is 0 Å². The number of carbonyl (C=O) groups excluding carboxylic acids is 2. The van der Waals surface area contributed by atoms with Crippen molar-refractivity contribution in [2.24, 2.45) is 17.3 Å². The van der Waals surface area contributed by atoms with E-state index in [0.717, 1.165) is 0 Å². The van der Waals surface area contributed by atoms with Gasteiger partial charge in [0.2, 0.25) is 11.8 Å². The van der Waals surface area contributed by atoms with E-state index >= 15 is 0 Å². The first-order valence-electron chi connectivity index (χ1n) is 5.76. The van der Waals surface area contributed by atoms with Gasteiger partial charge >= 0.3 is 0 Å². The Morgan fingerprint density at radius 2 is 1.62 bits per heavy atom. The third kappa shape index (κ3) is 2.43. The Morgan fingerprint density at radius 3 is 2.00 bits per heavy atom. The molecule has 92 valence electrons. The molecule has 0 saturated carbocycles. The third-order valence-electron chi connectivity index (χ3n) is 3.44. The maximum absolute atomic E-state index is 11.9. The number of aliphatic hydroxyl groups is 1. The van der Waals surface area contributed by atoms with E-state index in [1.165, 1.54) is 4.90 Å². The molecule has 0 radical (unpaired) electrons. The Morgan fingerprint density at radius 1 is 1.19 bits per heavy atom. The lowest BCUT2D eigenvalue weighted by Gasteiger charge is -2.28. The van der Waals surface area contributed by atoms with Crippen LogP contribution in [0.2, 0.25) is 0 Å². The van der Waals surface area contributed by atoms with Crippen LogP contribution in [0.5, 0.6) is 0 Å². The van der Waals surface area contributed by atoms with Crippen molar-refractivity contribution in [2.75, 3.05) is 13.2 Å². The van der Waals surface area contributed by atoms with Gasteiger partial charge in [-0.05, 0) is 11.8 Å². The molecule has 0 spiro atoms. The summed E-state index contributed by atoms with van der Waals surface area (Å²) in [6, 6.07) is 0. The molecular formula is C12H21NO3. The minimum absolute atomic E-state index is 0.0777. The largest absolute Gasteiger partial charge is 0.396 e. The average molecular weight is 227 g/mol. The van der Waals surface area contributed by atoms with Crippen molar-refractivity contribution >= 4 is 11.8 Å². The monoisotopic (exact) mass is 227 g/mol. The Bertz CT molecular complexity index is 279. The van der Waals surface area contributed by atoms with Gasteiger partial charge in [0.25, 0.3) is 0 Å². The fourth-order valence-corrected chi connectivity index (χ4v) is 1.99. The summed E-state index contributed by atoms with van der Waals surface area (Å²) in [5, 5.41) is 8.92. The van der Waals surface area contributed by atoms with Gasteiger partial charge in [0, 0.05) is 25.0 Å². The maximum atomic E-state index is 11.9. The van der Waals surface area contributed by atoms with Gasteiger partial charge in [0.05, 0.1) is 0 Å². The van der Waals surface area contributed by atoms with E-state index in [4.69, 9.17) is 5.11 Å². The molecule has 1 rings (SSSR count). The molecule has 1 aliphatic heterocycles. The minimum Gasteiger partial charge on any atom is -0.396 e. The summed E-state index contributed by atoms with van der Waals surface area (Å²) >= 11 is 0. The van der Waals surface area contributed by atoms with E-state index in [2.05, 4.69) is 0 Å². The van der Waals surface area contributed by atoms with Crippen LogP contribution in [0.4, 0.5) is 0 Å². The lowest BCUT2D eigenvalue weighted by atomic mass is 9.89. The zero-order valence-corrected chi connectivity index (χ0v) is 10.5. The molecule has 4 nitrogen and oxygen atoms in total. The molecule has 1 saturated heterocycles. The molecule has 0 bridgehead atoms. The van der Waals surface area contributed by atoms with Crippen molar-refractivity contribution < 1.29 is 14.7 Å². The highest BCUT2D eigenvalue weighted by atomic mass is 16.3. The van der Waals surface area contributed by atoms with Crippen molar-refractivity contribution in [3.63, 3.8) is 0 Å². The highest BCUT2D eigenvalue weighted by Crippen LogP contribution is 2.30. The normalized spacial score (nSPS) is 26.7. The Kier molecular flexibility index (Phi) is 3.73. The fraction of sp³-hybridized carbons (Fsp3) is 0.833. The average Bonchev–Trinajstić information content (AvgIpc) is 2.35. The fourth-order valence-electron chi connectivity index (χ4n) is 1.99. The Labute approximate surface area is 96.6 Å². The number of carbonyl (C=O) groups is 2. The molecule has 0 aliphatic carbocycles. The summed E-state index contributed by atoms with van der Waals surface area (Å²) < 4.78 is 0. The highest BCUT2D eigenvalue weighted by molar-refractivity contribution is 6.04. The molecule has 1 fully saturated rings. The van der Waals surface area contributed by atoms with Crippen molar-refractivity contribution in [1.29, 1.82) is 0 Å². The molecule has 1 heterocycles. The van der Waals surface area contributed by atoms with Gasteiger partial charge in [-0.1, -0.05) is 27.7 Å². The van der Waals surface area contributed by atoms with Crippen LogP contribution in [0.15, 0.2) is 0 Å². The van der Waals surface area contributed by atoms with Crippen molar-refractivity contribution in [2.45, 2.75) is 34.1 Å². The molecule has 0 aromatic carbocycles. The summed E-state index contributed by atoms with van der Waals surface area (Å²) in [5.41, 5.74) is -0.218. The number of nitrogens with zero attached hydrogens (tertiary/aromatic N) is 1. The number of rotatable bonds is 4. The number of imide groups is 1. The molecule has 2 unspecified atom stereocenters. The number of hydrogen-bond acceptors (Lipinski definition) is 3. The van der Waals surface area contributed by atoms with E-state index in [1.807, 2.05) is 13.8 Å². The lowest BCUT2D eigenvalue weighted by molar-refractivity contribution is -0.141. The summed E-state index contributed by atoms with van der Waals surface area (Å²) in [7, 11) is 0. The molecular weight excluding hydrogens is 206 g/mol. The van der Waals surface area contributed by atoms with Crippen molar-refractivity contribution in [3.05, 3.63) is 0 Å². The van der Waals surface area contributed by atoms with E-state index in [-0.39, 0.29) is 35.7 Å². The second kappa shape index (κ2) is 4.53. The summed E-state index contributed by atoms with van der Waals surface area (Å²) in [6.45, 7) is 7.98. The molecule has 0 aromatic heterocycles. The van der Waals surface area contributed by atoms with Crippen LogP contribution in [0.25, 0.3) is 0 Å². The summed E-state index contributed by atoms with van der Waals surface area (Å²) in [6.07, 6.45) is 0.590. The quantitative estimate of drug-likeness (QED) is 0.730. The first-order valence-corrected chi connectivity index (χ1v) is 5.76. The van der Waals surface area contributed by atoms with Gasteiger partial charge < -0.3 is 5.11 Å². The molecule has 16 heavy (non-hydrogen) atoms. The predicted molar refractivity (Wildman–Crippen MR) is 60.5 cm³/mol. The van der Waals surface area contributed by atoms with E-state index < -0.39 is 0 Å². The van der Waals surface area contributed by atoms with Gasteiger partial charge in [-0.2, -0.15) is 0 Å². The van der Waals surface area contributed by atoms with Crippen LogP contribution in [0.3, 0.4) is 0 Å².